The number of benzene rings is 1. The molecule has 0 spiro atoms. The highest BCUT2D eigenvalue weighted by molar-refractivity contribution is 5.81. The van der Waals surface area contributed by atoms with Crippen molar-refractivity contribution in [1.29, 1.82) is 0 Å². The lowest BCUT2D eigenvalue weighted by atomic mass is 9.95. The topological polar surface area (TPSA) is 47.6 Å². The van der Waals surface area contributed by atoms with Crippen molar-refractivity contribution in [3.8, 4) is 5.75 Å². The number of amides is 1. The number of hydrogen-bond donors (Lipinski definition) is 1. The summed E-state index contributed by atoms with van der Waals surface area (Å²) in [4.78, 5) is 11.8. The Hall–Kier alpha value is -1.55. The molecule has 4 nitrogen and oxygen atoms in total. The van der Waals surface area contributed by atoms with E-state index in [-0.39, 0.29) is 12.0 Å². The van der Waals surface area contributed by atoms with Gasteiger partial charge in [-0.3, -0.25) is 4.79 Å². The zero-order valence-corrected chi connectivity index (χ0v) is 12.3. The van der Waals surface area contributed by atoms with Crippen molar-refractivity contribution in [1.82, 2.24) is 5.32 Å². The lowest BCUT2D eigenvalue weighted by Gasteiger charge is -2.21. The molecule has 1 atom stereocenters. The van der Waals surface area contributed by atoms with Gasteiger partial charge in [-0.15, -0.1) is 0 Å². The third-order valence-electron chi connectivity index (χ3n) is 2.88. The first-order chi connectivity index (χ1) is 8.88. The fourth-order valence-corrected chi connectivity index (χ4v) is 1.63. The molecule has 0 fully saturated rings. The predicted molar refractivity (Wildman–Crippen MR) is 75.2 cm³/mol. The molecule has 0 saturated carbocycles. The summed E-state index contributed by atoms with van der Waals surface area (Å²) in [5.41, 5.74) is 0.586. The van der Waals surface area contributed by atoms with Gasteiger partial charge in [0.05, 0.1) is 13.2 Å². The fourth-order valence-electron chi connectivity index (χ4n) is 1.63. The van der Waals surface area contributed by atoms with Crippen molar-refractivity contribution in [3.63, 3.8) is 0 Å². The van der Waals surface area contributed by atoms with E-state index in [1.807, 2.05) is 45.0 Å². The van der Waals surface area contributed by atoms with Gasteiger partial charge in [-0.05, 0) is 17.7 Å². The molecule has 4 heteroatoms. The largest absolute Gasteiger partial charge is 0.497 e. The molecule has 0 aliphatic rings. The second-order valence-corrected chi connectivity index (χ2v) is 5.46. The maximum absolute atomic E-state index is 11.8. The van der Waals surface area contributed by atoms with Crippen LogP contribution < -0.4 is 10.1 Å². The zero-order chi connectivity index (χ0) is 14.5. The van der Waals surface area contributed by atoms with Gasteiger partial charge in [0.25, 0.3) is 0 Å². The number of carbonyl (C=O) groups is 1. The van der Waals surface area contributed by atoms with Crippen molar-refractivity contribution in [2.75, 3.05) is 20.8 Å². The monoisotopic (exact) mass is 265 g/mol. The van der Waals surface area contributed by atoms with Gasteiger partial charge < -0.3 is 14.8 Å². The van der Waals surface area contributed by atoms with E-state index in [9.17, 15) is 4.79 Å². The van der Waals surface area contributed by atoms with E-state index in [0.29, 0.717) is 6.54 Å². The van der Waals surface area contributed by atoms with Crippen molar-refractivity contribution in [2.24, 2.45) is 5.41 Å². The molecule has 0 saturated heterocycles. The third kappa shape index (κ3) is 4.56. The maximum atomic E-state index is 11.8. The van der Waals surface area contributed by atoms with Gasteiger partial charge in [0.2, 0.25) is 5.91 Å². The van der Waals surface area contributed by atoms with Gasteiger partial charge in [0.1, 0.15) is 5.75 Å². The lowest BCUT2D eigenvalue weighted by Crippen LogP contribution is -2.37. The quantitative estimate of drug-likeness (QED) is 0.890. The molecule has 0 aromatic heterocycles. The van der Waals surface area contributed by atoms with Crippen LogP contribution in [0.1, 0.15) is 32.4 Å². The normalized spacial score (nSPS) is 12.9. The van der Waals surface area contributed by atoms with Crippen LogP contribution in [0, 0.1) is 5.41 Å². The highest BCUT2D eigenvalue weighted by atomic mass is 16.5. The Bertz CT molecular complexity index is 424. The van der Waals surface area contributed by atoms with Crippen molar-refractivity contribution >= 4 is 5.91 Å². The predicted octanol–water partition coefficient (Wildman–Crippen LogP) is 2.55. The lowest BCUT2D eigenvalue weighted by molar-refractivity contribution is -0.129. The summed E-state index contributed by atoms with van der Waals surface area (Å²) in [6, 6.07) is 7.66. The molecule has 1 amide bonds. The van der Waals surface area contributed by atoms with Gasteiger partial charge in [-0.25, -0.2) is 0 Å². The zero-order valence-electron chi connectivity index (χ0n) is 12.3. The number of methoxy groups -OCH3 is 2. The first-order valence-corrected chi connectivity index (χ1v) is 6.33. The second kappa shape index (κ2) is 6.57. The molecule has 1 aromatic carbocycles. The number of nitrogens with one attached hydrogen (secondary N) is 1. The maximum Gasteiger partial charge on any atom is 0.225 e. The molecule has 1 N–H and O–H groups in total. The number of ether oxygens (including phenoxy) is 2. The summed E-state index contributed by atoms with van der Waals surface area (Å²) in [5.74, 6) is 0.791. The van der Waals surface area contributed by atoms with Crippen LogP contribution >= 0.6 is 0 Å². The Balaban J connectivity index is 2.70. The summed E-state index contributed by atoms with van der Waals surface area (Å²) in [6.45, 7) is 6.10. The molecule has 0 heterocycles. The molecule has 1 aromatic rings. The van der Waals surface area contributed by atoms with Gasteiger partial charge in [-0.1, -0.05) is 32.9 Å². The summed E-state index contributed by atoms with van der Waals surface area (Å²) in [5, 5.41) is 2.90. The van der Waals surface area contributed by atoms with E-state index in [1.165, 1.54) is 0 Å². The molecule has 0 aliphatic heterocycles. The molecule has 19 heavy (non-hydrogen) atoms. The van der Waals surface area contributed by atoms with Gasteiger partial charge in [-0.2, -0.15) is 0 Å². The number of carbonyl (C=O) groups excluding carboxylic acids is 1. The molecule has 0 bridgehead atoms. The van der Waals surface area contributed by atoms with Crippen LogP contribution in [0.5, 0.6) is 5.75 Å². The van der Waals surface area contributed by atoms with E-state index in [4.69, 9.17) is 9.47 Å². The fraction of sp³-hybridized carbons (Fsp3) is 0.533. The van der Waals surface area contributed by atoms with Crippen molar-refractivity contribution in [2.45, 2.75) is 26.9 Å². The van der Waals surface area contributed by atoms with E-state index in [2.05, 4.69) is 5.32 Å². The van der Waals surface area contributed by atoms with Gasteiger partial charge in [0, 0.05) is 19.1 Å². The van der Waals surface area contributed by atoms with Crippen LogP contribution in [-0.4, -0.2) is 26.7 Å². The molecule has 1 unspecified atom stereocenters. The Morgan fingerprint density at radius 2 is 2.00 bits per heavy atom. The highest BCUT2D eigenvalue weighted by Crippen LogP contribution is 2.21. The van der Waals surface area contributed by atoms with Crippen LogP contribution in [0.2, 0.25) is 0 Å². The van der Waals surface area contributed by atoms with Crippen LogP contribution in [0.3, 0.4) is 0 Å². The molecule has 1 rings (SSSR count). The van der Waals surface area contributed by atoms with E-state index in [1.54, 1.807) is 14.2 Å². The molecular weight excluding hydrogens is 242 g/mol. The minimum atomic E-state index is -0.396. The molecule has 106 valence electrons. The molecule has 0 radical (unpaired) electrons. The Morgan fingerprint density at radius 1 is 1.32 bits per heavy atom. The summed E-state index contributed by atoms with van der Waals surface area (Å²) in [7, 11) is 3.26. The Kier molecular flexibility index (Phi) is 5.36. The molecular formula is C15H23NO3. The van der Waals surface area contributed by atoms with Crippen LogP contribution in [0.25, 0.3) is 0 Å². The first-order valence-electron chi connectivity index (χ1n) is 6.33. The van der Waals surface area contributed by atoms with Crippen LogP contribution in [-0.2, 0) is 9.53 Å². The van der Waals surface area contributed by atoms with E-state index in [0.717, 1.165) is 11.3 Å². The average Bonchev–Trinajstić information content (AvgIpc) is 2.38. The van der Waals surface area contributed by atoms with Crippen molar-refractivity contribution in [3.05, 3.63) is 29.8 Å². The van der Waals surface area contributed by atoms with Gasteiger partial charge in [0.15, 0.2) is 0 Å². The van der Waals surface area contributed by atoms with Crippen LogP contribution in [0.4, 0.5) is 0 Å². The standard InChI is InChI=1S/C15H23NO3/c1-15(2,3)14(17)16-10-13(19-5)11-7-6-8-12(9-11)18-4/h6-9,13H,10H2,1-5H3,(H,16,17). The highest BCUT2D eigenvalue weighted by Gasteiger charge is 2.22. The third-order valence-corrected chi connectivity index (χ3v) is 2.88. The van der Waals surface area contributed by atoms with Gasteiger partial charge >= 0.3 is 0 Å². The van der Waals surface area contributed by atoms with E-state index < -0.39 is 5.41 Å². The summed E-state index contributed by atoms with van der Waals surface area (Å²) >= 11 is 0. The SMILES string of the molecule is COc1cccc(C(CNC(=O)C(C)(C)C)OC)c1. The molecule has 0 aliphatic carbocycles. The summed E-state index contributed by atoms with van der Waals surface area (Å²) in [6.07, 6.45) is -0.179. The number of rotatable bonds is 5. The summed E-state index contributed by atoms with van der Waals surface area (Å²) < 4.78 is 10.6. The Labute approximate surface area is 115 Å². The second-order valence-electron chi connectivity index (χ2n) is 5.46. The van der Waals surface area contributed by atoms with E-state index >= 15 is 0 Å². The Morgan fingerprint density at radius 3 is 2.53 bits per heavy atom. The minimum absolute atomic E-state index is 0.0115. The average molecular weight is 265 g/mol. The minimum Gasteiger partial charge on any atom is -0.497 e. The number of hydrogen-bond acceptors (Lipinski definition) is 3. The van der Waals surface area contributed by atoms with Crippen molar-refractivity contribution < 1.29 is 14.3 Å². The first kappa shape index (κ1) is 15.5. The van der Waals surface area contributed by atoms with Crippen LogP contribution in [0.15, 0.2) is 24.3 Å². The smallest absolute Gasteiger partial charge is 0.225 e.